The molecule has 0 spiro atoms. The summed E-state index contributed by atoms with van der Waals surface area (Å²) in [5.74, 6) is 0.161. The van der Waals surface area contributed by atoms with Gasteiger partial charge in [0.2, 0.25) is 0 Å². The van der Waals surface area contributed by atoms with E-state index in [0.29, 0.717) is 0 Å². The number of aryl methyl sites for hydroxylation is 2. The van der Waals surface area contributed by atoms with Crippen LogP contribution in [0.5, 0.6) is 0 Å². The van der Waals surface area contributed by atoms with Crippen LogP contribution in [-0.2, 0) is 5.60 Å². The first kappa shape index (κ1) is 15.7. The fourth-order valence-corrected chi connectivity index (χ4v) is 2.99. The van der Waals surface area contributed by atoms with Gasteiger partial charge in [-0.05, 0) is 42.0 Å². The van der Waals surface area contributed by atoms with Gasteiger partial charge in [0.05, 0.1) is 0 Å². The highest BCUT2D eigenvalue weighted by Gasteiger charge is 2.41. The van der Waals surface area contributed by atoms with Crippen molar-refractivity contribution in [3.05, 3.63) is 70.8 Å². The highest BCUT2D eigenvalue weighted by atomic mass is 16.3. The van der Waals surface area contributed by atoms with Crippen LogP contribution >= 0.6 is 0 Å². The van der Waals surface area contributed by atoms with Crippen molar-refractivity contribution in [1.82, 2.24) is 0 Å². The Kier molecular flexibility index (Phi) is 4.50. The molecule has 3 N–H and O–H groups in total. The second kappa shape index (κ2) is 6.00. The maximum atomic E-state index is 11.6. The van der Waals surface area contributed by atoms with Crippen molar-refractivity contribution in [2.45, 2.75) is 39.3 Å². The Hall–Kier alpha value is -1.64. The lowest BCUT2D eigenvalue weighted by Crippen LogP contribution is -2.50. The molecule has 0 saturated carbocycles. The van der Waals surface area contributed by atoms with Crippen molar-refractivity contribution >= 4 is 0 Å². The number of hydrogen-bond donors (Lipinski definition) is 2. The summed E-state index contributed by atoms with van der Waals surface area (Å²) in [7, 11) is 0. The molecule has 21 heavy (non-hydrogen) atoms. The SMILES string of the molecule is Cc1ccccc1C(O)(c1ccccc1C)C(N)C(C)C. The van der Waals surface area contributed by atoms with E-state index in [4.69, 9.17) is 5.73 Å². The van der Waals surface area contributed by atoms with E-state index in [1.165, 1.54) is 0 Å². The molecule has 2 aromatic rings. The molecule has 0 amide bonds. The molecule has 0 radical (unpaired) electrons. The number of aliphatic hydroxyl groups is 1. The zero-order chi connectivity index (χ0) is 15.6. The van der Waals surface area contributed by atoms with Crippen molar-refractivity contribution in [1.29, 1.82) is 0 Å². The summed E-state index contributed by atoms with van der Waals surface area (Å²) < 4.78 is 0. The monoisotopic (exact) mass is 283 g/mol. The lowest BCUT2D eigenvalue weighted by Gasteiger charge is -2.39. The van der Waals surface area contributed by atoms with Gasteiger partial charge in [-0.2, -0.15) is 0 Å². The average molecular weight is 283 g/mol. The van der Waals surface area contributed by atoms with E-state index in [1.54, 1.807) is 0 Å². The molecule has 0 bridgehead atoms. The molecule has 2 heteroatoms. The second-order valence-corrected chi connectivity index (χ2v) is 6.17. The van der Waals surface area contributed by atoms with E-state index < -0.39 is 5.60 Å². The second-order valence-electron chi connectivity index (χ2n) is 6.17. The zero-order valence-corrected chi connectivity index (χ0v) is 13.3. The van der Waals surface area contributed by atoms with Gasteiger partial charge in [0.25, 0.3) is 0 Å². The fourth-order valence-electron chi connectivity index (χ4n) is 2.99. The molecule has 2 nitrogen and oxygen atoms in total. The van der Waals surface area contributed by atoms with E-state index in [2.05, 4.69) is 0 Å². The maximum Gasteiger partial charge on any atom is 0.130 e. The van der Waals surface area contributed by atoms with Crippen molar-refractivity contribution in [3.8, 4) is 0 Å². The number of hydrogen-bond acceptors (Lipinski definition) is 2. The summed E-state index contributed by atoms with van der Waals surface area (Å²) in [6.45, 7) is 8.13. The third kappa shape index (κ3) is 2.74. The van der Waals surface area contributed by atoms with Crippen molar-refractivity contribution in [3.63, 3.8) is 0 Å². The molecule has 112 valence electrons. The summed E-state index contributed by atoms with van der Waals surface area (Å²) in [5.41, 5.74) is 9.16. The highest BCUT2D eigenvalue weighted by Crippen LogP contribution is 2.38. The molecular weight excluding hydrogens is 258 g/mol. The molecule has 0 saturated heterocycles. The Morgan fingerprint density at radius 1 is 0.857 bits per heavy atom. The van der Waals surface area contributed by atoms with Crippen molar-refractivity contribution in [2.24, 2.45) is 11.7 Å². The van der Waals surface area contributed by atoms with Crippen LogP contribution in [0, 0.1) is 19.8 Å². The van der Waals surface area contributed by atoms with Crippen LogP contribution in [0.4, 0.5) is 0 Å². The van der Waals surface area contributed by atoms with Crippen LogP contribution in [0.15, 0.2) is 48.5 Å². The maximum absolute atomic E-state index is 11.6. The van der Waals surface area contributed by atoms with E-state index in [1.807, 2.05) is 76.2 Å². The largest absolute Gasteiger partial charge is 0.379 e. The van der Waals surface area contributed by atoms with Crippen LogP contribution in [0.3, 0.4) is 0 Å². The van der Waals surface area contributed by atoms with E-state index in [-0.39, 0.29) is 12.0 Å². The summed E-state index contributed by atoms with van der Waals surface area (Å²) in [6.07, 6.45) is 0. The van der Waals surface area contributed by atoms with E-state index in [9.17, 15) is 5.11 Å². The Morgan fingerprint density at radius 3 is 1.57 bits per heavy atom. The van der Waals surface area contributed by atoms with Crippen molar-refractivity contribution in [2.75, 3.05) is 0 Å². The molecular formula is C19H25NO. The molecule has 1 atom stereocenters. The molecule has 0 heterocycles. The first-order valence-electron chi connectivity index (χ1n) is 7.49. The predicted molar refractivity (Wildman–Crippen MR) is 88.2 cm³/mol. The normalized spacial score (nSPS) is 13.5. The Morgan fingerprint density at radius 2 is 1.24 bits per heavy atom. The molecule has 2 aromatic carbocycles. The van der Waals surface area contributed by atoms with Gasteiger partial charge in [-0.3, -0.25) is 0 Å². The molecule has 0 aliphatic carbocycles. The molecule has 0 aliphatic rings. The summed E-state index contributed by atoms with van der Waals surface area (Å²) in [6, 6.07) is 15.5. The van der Waals surface area contributed by atoms with Crippen LogP contribution in [0.1, 0.15) is 36.1 Å². The van der Waals surface area contributed by atoms with Gasteiger partial charge < -0.3 is 10.8 Å². The number of rotatable bonds is 4. The molecule has 0 aliphatic heterocycles. The average Bonchev–Trinajstić information content (AvgIpc) is 2.46. The highest BCUT2D eigenvalue weighted by molar-refractivity contribution is 5.45. The Labute approximate surface area is 127 Å². The lowest BCUT2D eigenvalue weighted by molar-refractivity contribution is 0.0342. The number of nitrogens with two attached hydrogens (primary N) is 1. The van der Waals surface area contributed by atoms with Gasteiger partial charge in [-0.1, -0.05) is 62.4 Å². The Bertz CT molecular complexity index is 573. The first-order chi connectivity index (χ1) is 9.89. The smallest absolute Gasteiger partial charge is 0.130 e. The third-order valence-electron chi connectivity index (χ3n) is 4.31. The fraction of sp³-hybridized carbons (Fsp3) is 0.368. The molecule has 0 aromatic heterocycles. The van der Waals surface area contributed by atoms with Crippen LogP contribution < -0.4 is 5.73 Å². The molecule has 0 fully saturated rings. The van der Waals surface area contributed by atoms with Gasteiger partial charge >= 0.3 is 0 Å². The van der Waals surface area contributed by atoms with Gasteiger partial charge in [-0.15, -0.1) is 0 Å². The third-order valence-corrected chi connectivity index (χ3v) is 4.31. The van der Waals surface area contributed by atoms with Gasteiger partial charge in [0, 0.05) is 6.04 Å². The Balaban J connectivity index is 2.72. The van der Waals surface area contributed by atoms with Gasteiger partial charge in [-0.25, -0.2) is 0 Å². The lowest BCUT2D eigenvalue weighted by atomic mass is 9.73. The summed E-state index contributed by atoms with van der Waals surface area (Å²) in [5, 5.41) is 11.6. The van der Waals surface area contributed by atoms with Crippen molar-refractivity contribution < 1.29 is 5.11 Å². The zero-order valence-electron chi connectivity index (χ0n) is 13.3. The first-order valence-corrected chi connectivity index (χ1v) is 7.49. The number of benzene rings is 2. The van der Waals surface area contributed by atoms with Gasteiger partial charge in [0.15, 0.2) is 0 Å². The van der Waals surface area contributed by atoms with Crippen LogP contribution in [-0.4, -0.2) is 11.1 Å². The van der Waals surface area contributed by atoms with Gasteiger partial charge in [0.1, 0.15) is 5.60 Å². The topological polar surface area (TPSA) is 46.2 Å². The standard InChI is InChI=1S/C19H25NO/c1-13(2)18(20)19(21,16-11-7-5-9-14(16)3)17-12-8-6-10-15(17)4/h5-13,18,21H,20H2,1-4H3. The molecule has 2 rings (SSSR count). The quantitative estimate of drug-likeness (QED) is 0.902. The minimum Gasteiger partial charge on any atom is -0.379 e. The van der Waals surface area contributed by atoms with Crippen LogP contribution in [0.25, 0.3) is 0 Å². The minimum atomic E-state index is -1.18. The summed E-state index contributed by atoms with van der Waals surface area (Å²) in [4.78, 5) is 0. The minimum absolute atomic E-state index is 0.161. The summed E-state index contributed by atoms with van der Waals surface area (Å²) >= 11 is 0. The van der Waals surface area contributed by atoms with E-state index >= 15 is 0 Å². The van der Waals surface area contributed by atoms with Crippen LogP contribution in [0.2, 0.25) is 0 Å². The van der Waals surface area contributed by atoms with E-state index in [0.717, 1.165) is 22.3 Å². The molecule has 1 unspecified atom stereocenters. The predicted octanol–water partition coefficient (Wildman–Crippen LogP) is 3.52.